The van der Waals surface area contributed by atoms with Crippen LogP contribution in [-0.4, -0.2) is 30.0 Å². The van der Waals surface area contributed by atoms with Gasteiger partial charge in [-0.1, -0.05) is 36.8 Å². The van der Waals surface area contributed by atoms with Gasteiger partial charge in [-0.05, 0) is 25.5 Å². The summed E-state index contributed by atoms with van der Waals surface area (Å²) in [6.07, 6.45) is 5.22. The van der Waals surface area contributed by atoms with Gasteiger partial charge in [0.15, 0.2) is 5.78 Å². The number of nitrogens with zero attached hydrogens (tertiary/aromatic N) is 1. The molecule has 0 unspecified atom stereocenters. The van der Waals surface area contributed by atoms with Gasteiger partial charge in [-0.25, -0.2) is 4.98 Å². The number of piperidine rings is 1. The Morgan fingerprint density at radius 1 is 1.14 bits per heavy atom. The number of pyridine rings is 1. The van der Waals surface area contributed by atoms with Gasteiger partial charge >= 0.3 is 0 Å². The summed E-state index contributed by atoms with van der Waals surface area (Å²) in [4.78, 5) is 16.5. The van der Waals surface area contributed by atoms with Crippen molar-refractivity contribution in [1.82, 2.24) is 10.3 Å². The lowest BCUT2D eigenvalue weighted by atomic mass is 10.1. The number of aromatic nitrogens is 1. The minimum atomic E-state index is -0.0198. The van der Waals surface area contributed by atoms with E-state index in [1.54, 1.807) is 18.3 Å². The number of carbonyl (C=O) groups excluding carboxylic acids is 1. The summed E-state index contributed by atoms with van der Waals surface area (Å²) in [5.41, 5.74) is 1.25. The molecule has 0 radical (unpaired) electrons. The Kier molecular flexibility index (Phi) is 4.81. The van der Waals surface area contributed by atoms with Gasteiger partial charge in [0.25, 0.3) is 0 Å². The van der Waals surface area contributed by atoms with E-state index >= 15 is 0 Å². The lowest BCUT2D eigenvalue weighted by Crippen LogP contribution is -2.38. The number of carbonyl (C=O) groups is 1. The predicted octanol–water partition coefficient (Wildman–Crippen LogP) is 2.83. The van der Waals surface area contributed by atoms with Crippen LogP contribution in [0.2, 0.25) is 0 Å². The first kappa shape index (κ1) is 14.7. The fourth-order valence-corrected chi connectivity index (χ4v) is 2.61. The Hall–Kier alpha value is -2.20. The highest BCUT2D eigenvalue weighted by Crippen LogP contribution is 2.14. The van der Waals surface area contributed by atoms with Crippen molar-refractivity contribution in [3.8, 4) is 5.88 Å². The van der Waals surface area contributed by atoms with Gasteiger partial charge in [-0.3, -0.25) is 4.79 Å². The summed E-state index contributed by atoms with van der Waals surface area (Å²) < 4.78 is 5.70. The number of hydrogen-bond acceptors (Lipinski definition) is 4. The second-order valence-electron chi connectivity index (χ2n) is 5.54. The highest BCUT2D eigenvalue weighted by Gasteiger charge is 2.14. The predicted molar refractivity (Wildman–Crippen MR) is 85.2 cm³/mol. The quantitative estimate of drug-likeness (QED) is 0.862. The standard InChI is InChI=1S/C18H20N2O2/c21-18(14-6-2-1-3-7-14)15-9-10-17(20-12-15)22-13-16-8-4-5-11-19-16/h1-3,6-7,9-10,12,16,19H,4-5,8,11,13H2/t16-/m1/s1. The van der Waals surface area contributed by atoms with Crippen LogP contribution in [0.25, 0.3) is 0 Å². The molecule has 0 aliphatic carbocycles. The summed E-state index contributed by atoms with van der Waals surface area (Å²) in [7, 11) is 0. The van der Waals surface area contributed by atoms with Crippen molar-refractivity contribution in [1.29, 1.82) is 0 Å². The molecular formula is C18H20N2O2. The number of ether oxygens (including phenoxy) is 1. The maximum absolute atomic E-state index is 12.3. The molecule has 2 heterocycles. The van der Waals surface area contributed by atoms with Crippen molar-refractivity contribution in [2.45, 2.75) is 25.3 Å². The van der Waals surface area contributed by atoms with Gasteiger partial charge in [-0.2, -0.15) is 0 Å². The molecule has 1 saturated heterocycles. The maximum atomic E-state index is 12.3. The van der Waals surface area contributed by atoms with Crippen molar-refractivity contribution >= 4 is 5.78 Å². The minimum absolute atomic E-state index is 0.0198. The van der Waals surface area contributed by atoms with E-state index in [1.807, 2.05) is 30.3 Å². The third kappa shape index (κ3) is 3.71. The average molecular weight is 296 g/mol. The minimum Gasteiger partial charge on any atom is -0.476 e. The van der Waals surface area contributed by atoms with Gasteiger partial charge in [0.05, 0.1) is 0 Å². The summed E-state index contributed by atoms with van der Waals surface area (Å²) in [6, 6.07) is 13.2. The van der Waals surface area contributed by atoms with E-state index in [4.69, 9.17) is 4.74 Å². The highest BCUT2D eigenvalue weighted by molar-refractivity contribution is 6.08. The second kappa shape index (κ2) is 7.18. The number of ketones is 1. The molecule has 2 aromatic rings. The van der Waals surface area contributed by atoms with Crippen LogP contribution < -0.4 is 10.1 Å². The molecule has 1 atom stereocenters. The molecule has 22 heavy (non-hydrogen) atoms. The van der Waals surface area contributed by atoms with E-state index in [2.05, 4.69) is 10.3 Å². The Labute approximate surface area is 130 Å². The molecule has 1 aromatic carbocycles. The Bertz CT molecular complexity index is 605. The van der Waals surface area contributed by atoms with Crippen LogP contribution in [0, 0.1) is 0 Å². The molecule has 1 N–H and O–H groups in total. The monoisotopic (exact) mass is 296 g/mol. The topological polar surface area (TPSA) is 51.2 Å². The van der Waals surface area contributed by atoms with Crippen molar-refractivity contribution < 1.29 is 9.53 Å². The van der Waals surface area contributed by atoms with Gasteiger partial charge in [0.2, 0.25) is 5.88 Å². The first-order valence-electron chi connectivity index (χ1n) is 7.75. The van der Waals surface area contributed by atoms with Gasteiger partial charge in [-0.15, -0.1) is 0 Å². The van der Waals surface area contributed by atoms with Crippen LogP contribution in [0.4, 0.5) is 0 Å². The summed E-state index contributed by atoms with van der Waals surface area (Å²) in [6.45, 7) is 1.69. The SMILES string of the molecule is O=C(c1ccccc1)c1ccc(OC[C@H]2CCCCN2)nc1. The molecule has 0 amide bonds. The maximum Gasteiger partial charge on any atom is 0.213 e. The molecule has 114 valence electrons. The van der Waals surface area contributed by atoms with Crippen LogP contribution in [0.1, 0.15) is 35.2 Å². The molecule has 0 bridgehead atoms. The normalized spacial score (nSPS) is 17.9. The molecule has 1 fully saturated rings. The number of hydrogen-bond donors (Lipinski definition) is 1. The average Bonchev–Trinajstić information content (AvgIpc) is 2.61. The van der Waals surface area contributed by atoms with Gasteiger partial charge in [0.1, 0.15) is 6.61 Å². The molecule has 1 aromatic heterocycles. The van der Waals surface area contributed by atoms with Crippen LogP contribution in [-0.2, 0) is 0 Å². The smallest absolute Gasteiger partial charge is 0.213 e. The van der Waals surface area contributed by atoms with Crippen LogP contribution >= 0.6 is 0 Å². The van der Waals surface area contributed by atoms with E-state index in [0.717, 1.165) is 13.0 Å². The van der Waals surface area contributed by atoms with Crippen molar-refractivity contribution in [2.75, 3.05) is 13.2 Å². The van der Waals surface area contributed by atoms with E-state index in [9.17, 15) is 4.79 Å². The second-order valence-corrected chi connectivity index (χ2v) is 5.54. The summed E-state index contributed by atoms with van der Waals surface area (Å²) in [5, 5.41) is 3.43. The highest BCUT2D eigenvalue weighted by atomic mass is 16.5. The van der Waals surface area contributed by atoms with E-state index < -0.39 is 0 Å². The molecule has 1 aliphatic heterocycles. The zero-order valence-electron chi connectivity index (χ0n) is 12.5. The zero-order chi connectivity index (χ0) is 15.2. The Morgan fingerprint density at radius 2 is 2.00 bits per heavy atom. The lowest BCUT2D eigenvalue weighted by molar-refractivity contribution is 0.103. The summed E-state index contributed by atoms with van der Waals surface area (Å²) >= 11 is 0. The first-order chi connectivity index (χ1) is 10.8. The fourth-order valence-electron chi connectivity index (χ4n) is 2.61. The van der Waals surface area contributed by atoms with E-state index in [0.29, 0.717) is 29.7 Å². The van der Waals surface area contributed by atoms with E-state index in [1.165, 1.54) is 12.8 Å². The Morgan fingerprint density at radius 3 is 2.68 bits per heavy atom. The van der Waals surface area contributed by atoms with Crippen LogP contribution in [0.15, 0.2) is 48.7 Å². The molecule has 3 rings (SSSR count). The lowest BCUT2D eigenvalue weighted by Gasteiger charge is -2.23. The molecular weight excluding hydrogens is 276 g/mol. The molecule has 1 aliphatic rings. The van der Waals surface area contributed by atoms with Crippen LogP contribution in [0.5, 0.6) is 5.88 Å². The number of nitrogens with one attached hydrogen (secondary N) is 1. The number of rotatable bonds is 5. The zero-order valence-corrected chi connectivity index (χ0v) is 12.5. The third-order valence-corrected chi connectivity index (χ3v) is 3.88. The molecule has 4 nitrogen and oxygen atoms in total. The van der Waals surface area contributed by atoms with Gasteiger partial charge in [0, 0.05) is 29.4 Å². The fraction of sp³-hybridized carbons (Fsp3) is 0.333. The van der Waals surface area contributed by atoms with Gasteiger partial charge < -0.3 is 10.1 Å². The molecule has 0 saturated carbocycles. The molecule has 4 heteroatoms. The first-order valence-corrected chi connectivity index (χ1v) is 7.75. The Balaban J connectivity index is 1.59. The van der Waals surface area contributed by atoms with Crippen molar-refractivity contribution in [3.05, 3.63) is 59.8 Å². The van der Waals surface area contributed by atoms with Crippen molar-refractivity contribution in [2.24, 2.45) is 0 Å². The largest absolute Gasteiger partial charge is 0.476 e. The van der Waals surface area contributed by atoms with Crippen LogP contribution in [0.3, 0.4) is 0 Å². The summed E-state index contributed by atoms with van der Waals surface area (Å²) in [5.74, 6) is 0.547. The van der Waals surface area contributed by atoms with E-state index in [-0.39, 0.29) is 5.78 Å². The molecule has 0 spiro atoms. The van der Waals surface area contributed by atoms with Crippen molar-refractivity contribution in [3.63, 3.8) is 0 Å². The third-order valence-electron chi connectivity index (χ3n) is 3.88. The number of benzene rings is 1.